The molecule has 1 saturated carbocycles. The van der Waals surface area contributed by atoms with Crippen LogP contribution in [-0.4, -0.2) is 41.3 Å². The van der Waals surface area contributed by atoms with Crippen LogP contribution in [0, 0.1) is 6.92 Å². The molecule has 4 heteroatoms. The van der Waals surface area contributed by atoms with Gasteiger partial charge in [-0.3, -0.25) is 5.10 Å². The van der Waals surface area contributed by atoms with Gasteiger partial charge < -0.3 is 9.64 Å². The van der Waals surface area contributed by atoms with Gasteiger partial charge in [0.15, 0.2) is 0 Å². The third-order valence-electron chi connectivity index (χ3n) is 4.47. The minimum absolute atomic E-state index is 0.333. The molecule has 3 rings (SSSR count). The van der Waals surface area contributed by atoms with E-state index in [1.807, 2.05) is 6.20 Å². The maximum absolute atomic E-state index is 6.28. The maximum atomic E-state index is 6.28. The monoisotopic (exact) mass is 273 g/mol. The summed E-state index contributed by atoms with van der Waals surface area (Å²) in [6.45, 7) is 2.11. The number of H-pyrrole nitrogens is 1. The minimum atomic E-state index is 0.333. The van der Waals surface area contributed by atoms with Crippen molar-refractivity contribution in [1.29, 1.82) is 0 Å². The first-order valence-electron chi connectivity index (χ1n) is 7.41. The number of nitrogens with one attached hydrogen (secondary N) is 1. The van der Waals surface area contributed by atoms with E-state index in [0.29, 0.717) is 12.1 Å². The topological polar surface area (TPSA) is 41.1 Å². The Morgan fingerprint density at radius 1 is 1.30 bits per heavy atom. The van der Waals surface area contributed by atoms with Crippen molar-refractivity contribution in [3.8, 4) is 5.75 Å². The summed E-state index contributed by atoms with van der Waals surface area (Å²) in [5, 5.41) is 8.25. The van der Waals surface area contributed by atoms with Gasteiger partial charge in [-0.2, -0.15) is 5.10 Å². The first-order valence-corrected chi connectivity index (χ1v) is 7.41. The molecule has 1 N–H and O–H groups in total. The quantitative estimate of drug-likeness (QED) is 0.934. The van der Waals surface area contributed by atoms with Gasteiger partial charge in [-0.15, -0.1) is 0 Å². The Kier molecular flexibility index (Phi) is 3.66. The number of hydrogen-bond donors (Lipinski definition) is 1. The highest BCUT2D eigenvalue weighted by atomic mass is 16.5. The fourth-order valence-corrected chi connectivity index (χ4v) is 3.14. The molecule has 1 aromatic heterocycles. The predicted molar refractivity (Wildman–Crippen MR) is 81.2 cm³/mol. The molecular formula is C16H23N3O. The number of nitrogens with zero attached hydrogens (tertiary/aromatic N) is 2. The highest BCUT2D eigenvalue weighted by molar-refractivity contribution is 5.83. The minimum Gasteiger partial charge on any atom is -0.490 e. The van der Waals surface area contributed by atoms with Gasteiger partial charge >= 0.3 is 0 Å². The Balaban J connectivity index is 1.77. The summed E-state index contributed by atoms with van der Waals surface area (Å²) in [5.74, 6) is 1.00. The van der Waals surface area contributed by atoms with Crippen molar-refractivity contribution in [2.24, 2.45) is 0 Å². The van der Waals surface area contributed by atoms with Gasteiger partial charge in [0, 0.05) is 17.0 Å². The van der Waals surface area contributed by atoms with Crippen molar-refractivity contribution in [3.05, 3.63) is 23.9 Å². The maximum Gasteiger partial charge on any atom is 0.123 e. The summed E-state index contributed by atoms with van der Waals surface area (Å²) in [7, 11) is 4.33. The zero-order valence-electron chi connectivity index (χ0n) is 12.5. The smallest absolute Gasteiger partial charge is 0.123 e. The molecule has 0 radical (unpaired) electrons. The van der Waals surface area contributed by atoms with Crippen LogP contribution in [-0.2, 0) is 0 Å². The highest BCUT2D eigenvalue weighted by Gasteiger charge is 2.25. The molecule has 2 atom stereocenters. The lowest BCUT2D eigenvalue weighted by atomic mass is 9.92. The molecule has 108 valence electrons. The van der Waals surface area contributed by atoms with E-state index in [1.165, 1.54) is 18.4 Å². The van der Waals surface area contributed by atoms with E-state index in [9.17, 15) is 0 Å². The van der Waals surface area contributed by atoms with Crippen molar-refractivity contribution in [2.75, 3.05) is 14.1 Å². The molecular weight excluding hydrogens is 250 g/mol. The van der Waals surface area contributed by atoms with Crippen LogP contribution in [0.3, 0.4) is 0 Å². The molecule has 1 fully saturated rings. The van der Waals surface area contributed by atoms with Crippen molar-refractivity contribution < 1.29 is 4.74 Å². The van der Waals surface area contributed by atoms with Gasteiger partial charge in [-0.05, 0) is 58.8 Å². The molecule has 1 heterocycles. The number of benzene rings is 1. The van der Waals surface area contributed by atoms with Crippen LogP contribution in [0.15, 0.2) is 18.3 Å². The Morgan fingerprint density at radius 2 is 2.15 bits per heavy atom. The van der Waals surface area contributed by atoms with Crippen molar-refractivity contribution >= 4 is 10.9 Å². The van der Waals surface area contributed by atoms with E-state index >= 15 is 0 Å². The standard InChI is InChI=1S/C16H23N3O/c1-11-14-10-17-18-15(14)7-8-16(11)20-13-6-4-5-12(9-13)19(2)3/h7-8,10,12-13H,4-6,9H2,1-3H3,(H,17,18)/t12-,13-/m1/s1. The summed E-state index contributed by atoms with van der Waals surface area (Å²) in [6, 6.07) is 4.76. The molecule has 1 aromatic carbocycles. The van der Waals surface area contributed by atoms with Crippen LogP contribution in [0.2, 0.25) is 0 Å². The lowest BCUT2D eigenvalue weighted by molar-refractivity contribution is 0.0998. The van der Waals surface area contributed by atoms with Gasteiger partial charge in [0.2, 0.25) is 0 Å². The van der Waals surface area contributed by atoms with Gasteiger partial charge in [0.1, 0.15) is 11.9 Å². The Hall–Kier alpha value is -1.55. The normalized spacial score (nSPS) is 23.4. The number of hydrogen-bond acceptors (Lipinski definition) is 3. The van der Waals surface area contributed by atoms with E-state index in [0.717, 1.165) is 29.5 Å². The third kappa shape index (κ3) is 2.52. The number of rotatable bonds is 3. The van der Waals surface area contributed by atoms with Crippen LogP contribution in [0.4, 0.5) is 0 Å². The molecule has 0 aliphatic heterocycles. The number of aromatic amines is 1. The molecule has 0 spiro atoms. The lowest BCUT2D eigenvalue weighted by Crippen LogP contribution is -2.37. The van der Waals surface area contributed by atoms with Crippen LogP contribution in [0.25, 0.3) is 10.9 Å². The predicted octanol–water partition coefficient (Wildman–Crippen LogP) is 3.12. The molecule has 4 nitrogen and oxygen atoms in total. The van der Waals surface area contributed by atoms with E-state index in [1.54, 1.807) is 0 Å². The first kappa shape index (κ1) is 13.4. The Bertz CT molecular complexity index is 590. The van der Waals surface area contributed by atoms with Crippen molar-refractivity contribution in [3.63, 3.8) is 0 Å². The zero-order valence-corrected chi connectivity index (χ0v) is 12.5. The van der Waals surface area contributed by atoms with Gasteiger partial charge in [0.25, 0.3) is 0 Å². The number of aromatic nitrogens is 2. The molecule has 20 heavy (non-hydrogen) atoms. The zero-order chi connectivity index (χ0) is 14.1. The number of ether oxygens (including phenoxy) is 1. The van der Waals surface area contributed by atoms with Crippen molar-refractivity contribution in [2.45, 2.75) is 44.8 Å². The summed E-state index contributed by atoms with van der Waals surface area (Å²) in [6.07, 6.45) is 7.02. The second kappa shape index (κ2) is 5.44. The second-order valence-electron chi connectivity index (χ2n) is 6.04. The molecule has 2 aromatic rings. The van der Waals surface area contributed by atoms with E-state index in [-0.39, 0.29) is 0 Å². The number of fused-ring (bicyclic) bond motifs is 1. The third-order valence-corrected chi connectivity index (χ3v) is 4.47. The van der Waals surface area contributed by atoms with Crippen LogP contribution < -0.4 is 4.74 Å². The van der Waals surface area contributed by atoms with E-state index < -0.39 is 0 Å². The van der Waals surface area contributed by atoms with Crippen molar-refractivity contribution in [1.82, 2.24) is 15.1 Å². The molecule has 0 bridgehead atoms. The van der Waals surface area contributed by atoms with Crippen LogP contribution in [0.1, 0.15) is 31.2 Å². The summed E-state index contributed by atoms with van der Waals surface area (Å²) >= 11 is 0. The van der Waals surface area contributed by atoms with Crippen LogP contribution >= 0.6 is 0 Å². The molecule has 0 unspecified atom stereocenters. The Morgan fingerprint density at radius 3 is 2.95 bits per heavy atom. The largest absolute Gasteiger partial charge is 0.490 e. The first-order chi connectivity index (χ1) is 9.65. The van der Waals surface area contributed by atoms with Gasteiger partial charge in [0.05, 0.1) is 11.7 Å². The highest BCUT2D eigenvalue weighted by Crippen LogP contribution is 2.30. The van der Waals surface area contributed by atoms with Gasteiger partial charge in [-0.1, -0.05) is 0 Å². The average molecular weight is 273 g/mol. The summed E-state index contributed by atoms with van der Waals surface area (Å²) < 4.78 is 6.28. The summed E-state index contributed by atoms with van der Waals surface area (Å²) in [4.78, 5) is 2.32. The van der Waals surface area contributed by atoms with Crippen LogP contribution in [0.5, 0.6) is 5.75 Å². The second-order valence-corrected chi connectivity index (χ2v) is 6.04. The lowest BCUT2D eigenvalue weighted by Gasteiger charge is -2.33. The molecule has 0 amide bonds. The molecule has 0 saturated heterocycles. The van der Waals surface area contributed by atoms with E-state index in [4.69, 9.17) is 4.74 Å². The molecule has 1 aliphatic carbocycles. The summed E-state index contributed by atoms with van der Waals surface area (Å²) in [5.41, 5.74) is 2.26. The molecule has 1 aliphatic rings. The average Bonchev–Trinajstić information content (AvgIpc) is 2.91. The fraction of sp³-hybridized carbons (Fsp3) is 0.562. The van der Waals surface area contributed by atoms with Gasteiger partial charge in [-0.25, -0.2) is 0 Å². The number of aryl methyl sites for hydroxylation is 1. The SMILES string of the molecule is Cc1c(O[C@@H]2CCC[C@@H](N(C)C)C2)ccc2[nH]ncc12. The Labute approximate surface area is 120 Å². The van der Waals surface area contributed by atoms with E-state index in [2.05, 4.69) is 48.2 Å². The fourth-order valence-electron chi connectivity index (χ4n) is 3.14.